The van der Waals surface area contributed by atoms with Gasteiger partial charge in [-0.05, 0) is 62.9 Å². The minimum atomic E-state index is -0.634. The van der Waals surface area contributed by atoms with Crippen LogP contribution in [0.25, 0.3) is 0 Å². The Bertz CT molecular complexity index is 1100. The monoisotopic (exact) mass is 537 g/mol. The smallest absolute Gasteiger partial charge is 0.270 e. The molecular formula is C29H43N7O3. The zero-order chi connectivity index (χ0) is 27.8. The van der Waals surface area contributed by atoms with E-state index in [4.69, 9.17) is 5.73 Å². The van der Waals surface area contributed by atoms with Gasteiger partial charge in [-0.15, -0.1) is 0 Å². The lowest BCUT2D eigenvalue weighted by Gasteiger charge is -2.33. The van der Waals surface area contributed by atoms with Crippen LogP contribution < -0.4 is 16.4 Å². The van der Waals surface area contributed by atoms with Crippen molar-refractivity contribution in [2.24, 2.45) is 11.7 Å². The lowest BCUT2D eigenvalue weighted by Crippen LogP contribution is -2.52. The van der Waals surface area contributed by atoms with Crippen molar-refractivity contribution in [1.29, 1.82) is 0 Å². The molecule has 2 atom stereocenters. The lowest BCUT2D eigenvalue weighted by atomic mass is 9.91. The summed E-state index contributed by atoms with van der Waals surface area (Å²) in [5.41, 5.74) is 8.29. The summed E-state index contributed by atoms with van der Waals surface area (Å²) >= 11 is 0. The largest absolute Gasteiger partial charge is 0.339 e. The van der Waals surface area contributed by atoms with Crippen molar-refractivity contribution >= 4 is 23.4 Å². The molecule has 10 nitrogen and oxygen atoms in total. The maximum absolute atomic E-state index is 13.5. The van der Waals surface area contributed by atoms with E-state index in [1.165, 1.54) is 0 Å². The van der Waals surface area contributed by atoms with E-state index < -0.39 is 12.1 Å². The zero-order valence-corrected chi connectivity index (χ0v) is 23.3. The minimum absolute atomic E-state index is 0.0214. The average molecular weight is 538 g/mol. The topological polar surface area (TPSA) is 126 Å². The lowest BCUT2D eigenvalue weighted by molar-refractivity contribution is -0.134. The van der Waals surface area contributed by atoms with Crippen LogP contribution in [-0.4, -0.2) is 82.6 Å². The highest BCUT2D eigenvalue weighted by atomic mass is 16.2. The summed E-state index contributed by atoms with van der Waals surface area (Å²) in [6.07, 6.45) is 8.27. The number of nitrogens with two attached hydrogens (primary N) is 1. The number of carbonyl (C=O) groups is 3. The average Bonchev–Trinajstić information content (AvgIpc) is 3.27. The fourth-order valence-corrected chi connectivity index (χ4v) is 5.58. The number of piperazine rings is 1. The molecule has 10 heteroatoms. The molecule has 2 fully saturated rings. The summed E-state index contributed by atoms with van der Waals surface area (Å²) in [4.78, 5) is 43.4. The van der Waals surface area contributed by atoms with Crippen molar-refractivity contribution in [1.82, 2.24) is 24.9 Å². The molecule has 0 bridgehead atoms. The third-order valence-corrected chi connectivity index (χ3v) is 8.00. The first-order valence-corrected chi connectivity index (χ1v) is 14.3. The van der Waals surface area contributed by atoms with Crippen molar-refractivity contribution in [3.05, 3.63) is 47.8 Å². The molecule has 1 unspecified atom stereocenters. The predicted octanol–water partition coefficient (Wildman–Crippen LogP) is 2.25. The summed E-state index contributed by atoms with van der Waals surface area (Å²) in [6.45, 7) is 5.63. The van der Waals surface area contributed by atoms with Gasteiger partial charge in [0.1, 0.15) is 11.7 Å². The van der Waals surface area contributed by atoms with Gasteiger partial charge in [0, 0.05) is 44.6 Å². The standard InChI is InChI=1S/C29H43N7O3/c1-3-36-25(14-15-31-36)27(37)33-26(22-8-6-4-5-7-9-22)28(38)32-23-12-10-21(11-13-23)20-24(30)29(39)35-18-16-34(2)17-19-35/h10-15,22,24,26H,3-9,16-20,30H2,1-2H3,(H,32,38)(H,33,37)/t24?,26-/m0/s1. The first kappa shape index (κ1) is 28.8. The number of aryl methyl sites for hydroxylation is 1. The molecule has 2 heterocycles. The van der Waals surface area contributed by atoms with Crippen molar-refractivity contribution in [2.75, 3.05) is 38.5 Å². The van der Waals surface area contributed by atoms with Gasteiger partial charge in [0.15, 0.2) is 0 Å². The Morgan fingerprint density at radius 1 is 1.00 bits per heavy atom. The predicted molar refractivity (Wildman–Crippen MR) is 151 cm³/mol. The number of carbonyl (C=O) groups excluding carboxylic acids is 3. The second-order valence-corrected chi connectivity index (χ2v) is 10.9. The molecule has 3 amide bonds. The third-order valence-electron chi connectivity index (χ3n) is 8.00. The molecular weight excluding hydrogens is 494 g/mol. The molecule has 1 aromatic heterocycles. The third kappa shape index (κ3) is 7.67. The van der Waals surface area contributed by atoms with Crippen LogP contribution in [0.1, 0.15) is 61.5 Å². The summed E-state index contributed by atoms with van der Waals surface area (Å²) in [6, 6.07) is 7.90. The molecule has 1 saturated carbocycles. The fraction of sp³-hybridized carbons (Fsp3) is 0.586. The number of nitrogens with zero attached hydrogens (tertiary/aromatic N) is 4. The second-order valence-electron chi connectivity index (χ2n) is 10.9. The van der Waals surface area contributed by atoms with Crippen molar-refractivity contribution < 1.29 is 14.4 Å². The van der Waals surface area contributed by atoms with Gasteiger partial charge in [-0.25, -0.2) is 0 Å². The number of hydrogen-bond donors (Lipinski definition) is 3. The van der Waals surface area contributed by atoms with Gasteiger partial charge in [0.25, 0.3) is 5.91 Å². The molecule has 0 radical (unpaired) electrons. The van der Waals surface area contributed by atoms with Crippen LogP contribution in [0.15, 0.2) is 36.5 Å². The highest BCUT2D eigenvalue weighted by Gasteiger charge is 2.31. The summed E-state index contributed by atoms with van der Waals surface area (Å²) < 4.78 is 1.63. The van der Waals surface area contributed by atoms with E-state index in [9.17, 15) is 14.4 Å². The van der Waals surface area contributed by atoms with E-state index in [1.54, 1.807) is 16.9 Å². The maximum Gasteiger partial charge on any atom is 0.270 e. The Kier molecular flexibility index (Phi) is 10.1. The Morgan fingerprint density at radius 3 is 2.31 bits per heavy atom. The Hall–Kier alpha value is -3.24. The Labute approximate surface area is 231 Å². The highest BCUT2D eigenvalue weighted by Crippen LogP contribution is 2.27. The first-order valence-electron chi connectivity index (χ1n) is 14.3. The van der Waals surface area contributed by atoms with E-state index in [0.717, 1.165) is 57.2 Å². The number of benzene rings is 1. The molecule has 0 spiro atoms. The second kappa shape index (κ2) is 13.7. The van der Waals surface area contributed by atoms with E-state index in [0.29, 0.717) is 37.4 Å². The molecule has 212 valence electrons. The van der Waals surface area contributed by atoms with E-state index in [1.807, 2.05) is 36.1 Å². The highest BCUT2D eigenvalue weighted by molar-refractivity contribution is 6.00. The van der Waals surface area contributed by atoms with Crippen LogP contribution in [0, 0.1) is 5.92 Å². The number of aromatic nitrogens is 2. The van der Waals surface area contributed by atoms with Gasteiger partial charge in [0.2, 0.25) is 11.8 Å². The minimum Gasteiger partial charge on any atom is -0.339 e. The van der Waals surface area contributed by atoms with Gasteiger partial charge < -0.3 is 26.2 Å². The molecule has 2 aromatic rings. The Morgan fingerprint density at radius 2 is 1.67 bits per heavy atom. The van der Waals surface area contributed by atoms with Crippen LogP contribution >= 0.6 is 0 Å². The van der Waals surface area contributed by atoms with E-state index in [-0.39, 0.29) is 23.6 Å². The van der Waals surface area contributed by atoms with Gasteiger partial charge in [-0.1, -0.05) is 37.8 Å². The number of amides is 3. The summed E-state index contributed by atoms with van der Waals surface area (Å²) in [5, 5.41) is 10.2. The number of hydrogen-bond acceptors (Lipinski definition) is 6. The summed E-state index contributed by atoms with van der Waals surface area (Å²) in [7, 11) is 2.05. The quantitative estimate of drug-likeness (QED) is 0.422. The van der Waals surface area contributed by atoms with Crippen LogP contribution in [0.5, 0.6) is 0 Å². The van der Waals surface area contributed by atoms with Gasteiger partial charge in [0.05, 0.1) is 6.04 Å². The number of anilines is 1. The maximum atomic E-state index is 13.5. The van der Waals surface area contributed by atoms with Crippen LogP contribution in [-0.2, 0) is 22.6 Å². The molecule has 1 aliphatic heterocycles. The molecule has 4 N–H and O–H groups in total. The fourth-order valence-electron chi connectivity index (χ4n) is 5.58. The number of likely N-dealkylation sites (N-methyl/N-ethyl adjacent to an activating group) is 1. The number of rotatable bonds is 9. The van der Waals surface area contributed by atoms with Crippen LogP contribution in [0.4, 0.5) is 5.69 Å². The molecule has 1 aliphatic carbocycles. The van der Waals surface area contributed by atoms with Gasteiger partial charge in [-0.2, -0.15) is 5.10 Å². The Balaban J connectivity index is 1.39. The van der Waals surface area contributed by atoms with Crippen molar-refractivity contribution in [2.45, 2.75) is 70.5 Å². The van der Waals surface area contributed by atoms with E-state index in [2.05, 4.69) is 27.7 Å². The van der Waals surface area contributed by atoms with E-state index >= 15 is 0 Å². The molecule has 2 aliphatic rings. The normalized spacial score (nSPS) is 18.7. The first-order chi connectivity index (χ1) is 18.9. The molecule has 1 saturated heterocycles. The van der Waals surface area contributed by atoms with Crippen LogP contribution in [0.3, 0.4) is 0 Å². The van der Waals surface area contributed by atoms with Gasteiger partial charge >= 0.3 is 0 Å². The zero-order valence-electron chi connectivity index (χ0n) is 23.3. The van der Waals surface area contributed by atoms with Crippen molar-refractivity contribution in [3.8, 4) is 0 Å². The van der Waals surface area contributed by atoms with Gasteiger partial charge in [-0.3, -0.25) is 19.1 Å². The van der Waals surface area contributed by atoms with Crippen LogP contribution in [0.2, 0.25) is 0 Å². The molecule has 39 heavy (non-hydrogen) atoms. The molecule has 4 rings (SSSR count). The number of nitrogens with one attached hydrogen (secondary N) is 2. The molecule has 1 aromatic carbocycles. The summed E-state index contributed by atoms with van der Waals surface area (Å²) in [5.74, 6) is -0.445. The SMILES string of the molecule is CCn1nccc1C(=O)N[C@H](C(=O)Nc1ccc(CC(N)C(=O)N2CCN(C)CC2)cc1)C1CCCCCC1. The van der Waals surface area contributed by atoms with Crippen molar-refractivity contribution in [3.63, 3.8) is 0 Å².